The fraction of sp³-hybridized carbons (Fsp3) is 0.455. The van der Waals surface area contributed by atoms with Crippen LogP contribution in [0.5, 0.6) is 0 Å². The molecule has 1 fully saturated rings. The molecular weight excluding hydrogens is 384 g/mol. The SMILES string of the molecule is CC1CCN([C@H](CNC(=O)Cn2c(=O)n(C)c3ccccc32)c2cccs2)CC1. The van der Waals surface area contributed by atoms with Crippen molar-refractivity contribution in [2.75, 3.05) is 19.6 Å². The van der Waals surface area contributed by atoms with Gasteiger partial charge in [-0.25, -0.2) is 4.79 Å². The van der Waals surface area contributed by atoms with Crippen LogP contribution in [0.3, 0.4) is 0 Å². The Kier molecular flexibility index (Phi) is 5.87. The first-order chi connectivity index (χ1) is 14.0. The molecule has 3 heterocycles. The highest BCUT2D eigenvalue weighted by Crippen LogP contribution is 2.29. The number of carbonyl (C=O) groups excluding carboxylic acids is 1. The summed E-state index contributed by atoms with van der Waals surface area (Å²) in [4.78, 5) is 29.1. The van der Waals surface area contributed by atoms with Crippen LogP contribution in [0.4, 0.5) is 0 Å². The number of aromatic nitrogens is 2. The molecule has 154 valence electrons. The minimum Gasteiger partial charge on any atom is -0.353 e. The Hall–Kier alpha value is -2.38. The van der Waals surface area contributed by atoms with Gasteiger partial charge in [0.15, 0.2) is 0 Å². The zero-order chi connectivity index (χ0) is 20.4. The molecule has 1 N–H and O–H groups in total. The average Bonchev–Trinajstić information content (AvgIpc) is 3.34. The van der Waals surface area contributed by atoms with Gasteiger partial charge in [-0.05, 0) is 55.4 Å². The zero-order valence-corrected chi connectivity index (χ0v) is 17.8. The summed E-state index contributed by atoms with van der Waals surface area (Å²) in [5.41, 5.74) is 1.46. The Morgan fingerprint density at radius 1 is 1.17 bits per heavy atom. The molecule has 1 atom stereocenters. The Bertz CT molecular complexity index is 1030. The molecule has 1 aromatic carbocycles. The molecule has 1 saturated heterocycles. The molecule has 0 unspecified atom stereocenters. The lowest BCUT2D eigenvalue weighted by atomic mass is 9.97. The van der Waals surface area contributed by atoms with E-state index in [1.165, 1.54) is 17.7 Å². The fourth-order valence-electron chi connectivity index (χ4n) is 4.16. The summed E-state index contributed by atoms with van der Waals surface area (Å²) in [6, 6.07) is 12.0. The maximum atomic E-state index is 12.7. The number of hydrogen-bond acceptors (Lipinski definition) is 4. The van der Waals surface area contributed by atoms with Crippen LogP contribution in [-0.2, 0) is 18.4 Å². The topological polar surface area (TPSA) is 59.3 Å². The largest absolute Gasteiger partial charge is 0.353 e. The van der Waals surface area contributed by atoms with E-state index in [9.17, 15) is 9.59 Å². The standard InChI is InChI=1S/C22H28N4O2S/c1-16-9-11-25(12-10-16)19(20-8-5-13-29-20)14-23-21(27)15-26-18-7-4-3-6-17(18)24(2)22(26)28/h3-8,13,16,19H,9-12,14-15H2,1-2H3,(H,23,27)/t19-/m1/s1. The number of hydrogen-bond donors (Lipinski definition) is 1. The molecule has 1 aliphatic heterocycles. The van der Waals surface area contributed by atoms with Crippen molar-refractivity contribution < 1.29 is 4.79 Å². The molecule has 0 spiro atoms. The van der Waals surface area contributed by atoms with Gasteiger partial charge >= 0.3 is 5.69 Å². The molecule has 1 amide bonds. The van der Waals surface area contributed by atoms with Crippen molar-refractivity contribution in [1.82, 2.24) is 19.4 Å². The Balaban J connectivity index is 1.46. The first kappa shape index (κ1) is 19.9. The second-order valence-electron chi connectivity index (χ2n) is 7.97. The van der Waals surface area contributed by atoms with Gasteiger partial charge in [0.05, 0.1) is 17.1 Å². The molecule has 3 aromatic rings. The maximum Gasteiger partial charge on any atom is 0.329 e. The molecule has 2 aromatic heterocycles. The van der Waals surface area contributed by atoms with E-state index in [0.29, 0.717) is 6.54 Å². The van der Waals surface area contributed by atoms with Crippen molar-refractivity contribution in [3.05, 3.63) is 57.1 Å². The lowest BCUT2D eigenvalue weighted by molar-refractivity contribution is -0.122. The third kappa shape index (κ3) is 4.16. The highest BCUT2D eigenvalue weighted by molar-refractivity contribution is 7.10. The molecule has 7 heteroatoms. The summed E-state index contributed by atoms with van der Waals surface area (Å²) in [7, 11) is 1.74. The predicted octanol–water partition coefficient (Wildman–Crippen LogP) is 2.99. The van der Waals surface area contributed by atoms with E-state index in [1.54, 1.807) is 27.5 Å². The molecule has 6 nitrogen and oxygen atoms in total. The lowest BCUT2D eigenvalue weighted by Crippen LogP contribution is -2.42. The van der Waals surface area contributed by atoms with Gasteiger partial charge in [0.25, 0.3) is 0 Å². The summed E-state index contributed by atoms with van der Waals surface area (Å²) >= 11 is 1.74. The third-order valence-electron chi connectivity index (χ3n) is 5.98. The van der Waals surface area contributed by atoms with E-state index in [-0.39, 0.29) is 24.2 Å². The van der Waals surface area contributed by atoms with Gasteiger partial charge in [0, 0.05) is 18.5 Å². The van der Waals surface area contributed by atoms with Gasteiger partial charge in [0.1, 0.15) is 6.54 Å². The number of aryl methyl sites for hydroxylation is 1. The Labute approximate surface area is 174 Å². The van der Waals surface area contributed by atoms with Gasteiger partial charge < -0.3 is 5.32 Å². The average molecular weight is 413 g/mol. The number of rotatable bonds is 6. The van der Waals surface area contributed by atoms with Crippen molar-refractivity contribution in [2.24, 2.45) is 13.0 Å². The first-order valence-electron chi connectivity index (χ1n) is 10.2. The van der Waals surface area contributed by atoms with Crippen molar-refractivity contribution in [3.8, 4) is 0 Å². The van der Waals surface area contributed by atoms with E-state index in [2.05, 4.69) is 34.7 Å². The van der Waals surface area contributed by atoms with Crippen molar-refractivity contribution in [2.45, 2.75) is 32.4 Å². The summed E-state index contributed by atoms with van der Waals surface area (Å²) in [5.74, 6) is 0.637. The van der Waals surface area contributed by atoms with Crippen LogP contribution in [0.15, 0.2) is 46.6 Å². The van der Waals surface area contributed by atoms with Crippen LogP contribution in [0.25, 0.3) is 11.0 Å². The number of piperidine rings is 1. The van der Waals surface area contributed by atoms with Gasteiger partial charge in [-0.3, -0.25) is 18.8 Å². The predicted molar refractivity (Wildman–Crippen MR) is 117 cm³/mol. The number of carbonyl (C=O) groups is 1. The van der Waals surface area contributed by atoms with Crippen LogP contribution >= 0.6 is 11.3 Å². The van der Waals surface area contributed by atoms with Crippen LogP contribution in [0, 0.1) is 5.92 Å². The summed E-state index contributed by atoms with van der Waals surface area (Å²) < 4.78 is 3.14. The second kappa shape index (κ2) is 8.55. The number of nitrogens with zero attached hydrogens (tertiary/aromatic N) is 3. The number of imidazole rings is 1. The highest BCUT2D eigenvalue weighted by Gasteiger charge is 2.26. The summed E-state index contributed by atoms with van der Waals surface area (Å²) in [6.45, 7) is 5.02. The quantitative estimate of drug-likeness (QED) is 0.677. The van der Waals surface area contributed by atoms with E-state index < -0.39 is 0 Å². The van der Waals surface area contributed by atoms with Gasteiger partial charge in [-0.2, -0.15) is 0 Å². The third-order valence-corrected chi connectivity index (χ3v) is 6.95. The molecule has 0 radical (unpaired) electrons. The highest BCUT2D eigenvalue weighted by atomic mass is 32.1. The van der Waals surface area contributed by atoms with Crippen LogP contribution < -0.4 is 11.0 Å². The van der Waals surface area contributed by atoms with E-state index in [1.807, 2.05) is 24.3 Å². The van der Waals surface area contributed by atoms with Crippen LogP contribution in [0.1, 0.15) is 30.7 Å². The number of fused-ring (bicyclic) bond motifs is 1. The molecular formula is C22H28N4O2S. The fourth-order valence-corrected chi connectivity index (χ4v) is 5.02. The number of thiophene rings is 1. The summed E-state index contributed by atoms with van der Waals surface area (Å²) in [6.07, 6.45) is 2.39. The van der Waals surface area contributed by atoms with Crippen LogP contribution in [-0.4, -0.2) is 39.6 Å². The van der Waals surface area contributed by atoms with Crippen molar-refractivity contribution in [3.63, 3.8) is 0 Å². The molecule has 0 saturated carbocycles. The molecule has 0 bridgehead atoms. The number of likely N-dealkylation sites (tertiary alicyclic amines) is 1. The minimum absolute atomic E-state index is 0.0361. The number of para-hydroxylation sites is 2. The smallest absolute Gasteiger partial charge is 0.329 e. The molecule has 4 rings (SSSR count). The van der Waals surface area contributed by atoms with Gasteiger partial charge in [-0.1, -0.05) is 25.1 Å². The van der Waals surface area contributed by atoms with Crippen LogP contribution in [0.2, 0.25) is 0 Å². The summed E-state index contributed by atoms with van der Waals surface area (Å²) in [5, 5.41) is 5.18. The Morgan fingerprint density at radius 2 is 1.90 bits per heavy atom. The molecule has 0 aliphatic carbocycles. The van der Waals surface area contributed by atoms with E-state index >= 15 is 0 Å². The van der Waals surface area contributed by atoms with E-state index in [4.69, 9.17) is 0 Å². The van der Waals surface area contributed by atoms with E-state index in [0.717, 1.165) is 30.0 Å². The minimum atomic E-state index is -0.166. The van der Waals surface area contributed by atoms with Gasteiger partial charge in [-0.15, -0.1) is 11.3 Å². The number of nitrogens with one attached hydrogen (secondary N) is 1. The van der Waals surface area contributed by atoms with Gasteiger partial charge in [0.2, 0.25) is 5.91 Å². The first-order valence-corrected chi connectivity index (χ1v) is 11.1. The van der Waals surface area contributed by atoms with Crippen molar-refractivity contribution in [1.29, 1.82) is 0 Å². The monoisotopic (exact) mass is 412 g/mol. The normalized spacial score (nSPS) is 16.9. The lowest BCUT2D eigenvalue weighted by Gasteiger charge is -2.36. The number of amides is 1. The second-order valence-corrected chi connectivity index (χ2v) is 8.95. The number of benzene rings is 1. The zero-order valence-electron chi connectivity index (χ0n) is 17.0. The van der Waals surface area contributed by atoms with Crippen molar-refractivity contribution >= 4 is 28.3 Å². The molecule has 1 aliphatic rings. The Morgan fingerprint density at radius 3 is 2.59 bits per heavy atom. The maximum absolute atomic E-state index is 12.7. The molecule has 29 heavy (non-hydrogen) atoms.